The van der Waals surface area contributed by atoms with Crippen LogP contribution in [0.5, 0.6) is 0 Å². The van der Waals surface area contributed by atoms with E-state index in [9.17, 15) is 0 Å². The van der Waals surface area contributed by atoms with Crippen molar-refractivity contribution >= 4 is 48.1 Å². The van der Waals surface area contributed by atoms with Gasteiger partial charge in [0.2, 0.25) is 0 Å². The van der Waals surface area contributed by atoms with Crippen molar-refractivity contribution in [3.05, 3.63) is 181 Å². The molecule has 282 valence electrons. The average Bonchev–Trinajstić information content (AvgIpc) is 3.86. The number of hydrogen-bond donors (Lipinski definition) is 0. The van der Waals surface area contributed by atoms with Gasteiger partial charge in [-0.15, -0.1) is 56.9 Å². The molecule has 0 aliphatic carbocycles. The van der Waals surface area contributed by atoms with Crippen LogP contribution in [0.25, 0.3) is 66.1 Å². The fraction of sp³-hybridized carbons (Fsp3) is 0.192. The van der Waals surface area contributed by atoms with Crippen LogP contribution < -0.4 is 0 Å². The average molecular weight is 867 g/mol. The van der Waals surface area contributed by atoms with E-state index in [1.165, 1.54) is 77.2 Å². The van der Waals surface area contributed by atoms with Crippen LogP contribution in [0, 0.1) is 0 Å². The normalized spacial score (nSPS) is 11.0. The van der Waals surface area contributed by atoms with Crippen LogP contribution in [0.2, 0.25) is 13.1 Å². The number of fused-ring (bicyclic) bond motifs is 2. The molecule has 0 aliphatic rings. The summed E-state index contributed by atoms with van der Waals surface area (Å²) < 4.78 is 0. The summed E-state index contributed by atoms with van der Waals surface area (Å²) in [6.07, 6.45) is 0. The van der Waals surface area contributed by atoms with Gasteiger partial charge in [0.25, 0.3) is 0 Å². The maximum atomic E-state index is 4.93. The Balaban J connectivity index is 0.000000188. The fourth-order valence-electron chi connectivity index (χ4n) is 6.98. The first-order valence-corrected chi connectivity index (χ1v) is 27.5. The van der Waals surface area contributed by atoms with Crippen LogP contribution >= 0.6 is 17.0 Å². The van der Waals surface area contributed by atoms with Crippen LogP contribution in [0.4, 0.5) is 0 Å². The van der Waals surface area contributed by atoms with Gasteiger partial charge in [-0.3, -0.25) is 0 Å². The zero-order chi connectivity index (χ0) is 40.3. The van der Waals surface area contributed by atoms with Crippen molar-refractivity contribution in [1.29, 1.82) is 0 Å². The molecule has 0 heterocycles. The molecule has 0 aliphatic heterocycles. The van der Waals surface area contributed by atoms with Crippen LogP contribution in [0.15, 0.2) is 170 Å². The van der Waals surface area contributed by atoms with Gasteiger partial charge in [-0.25, -0.2) is 0 Å². The van der Waals surface area contributed by atoms with Crippen LogP contribution in [0.3, 0.4) is 0 Å². The molecule has 8 aromatic rings. The van der Waals surface area contributed by atoms with Crippen molar-refractivity contribution < 1.29 is 20.8 Å². The minimum absolute atomic E-state index is 0.153. The van der Waals surface area contributed by atoms with Gasteiger partial charge in [0.05, 0.1) is 0 Å². The first kappa shape index (κ1) is 43.3. The summed E-state index contributed by atoms with van der Waals surface area (Å²) in [6, 6.07) is 61.4. The number of halogens is 2. The van der Waals surface area contributed by atoms with Gasteiger partial charge in [0.15, 0.2) is 0 Å². The predicted molar refractivity (Wildman–Crippen MR) is 247 cm³/mol. The van der Waals surface area contributed by atoms with Crippen molar-refractivity contribution in [2.45, 2.75) is 65.5 Å². The quantitative estimate of drug-likeness (QED) is 0.122. The monoisotopic (exact) mass is 864 g/mol. The Morgan fingerprint density at radius 2 is 0.696 bits per heavy atom. The number of benzene rings is 6. The molecule has 0 spiro atoms. The second-order valence-electron chi connectivity index (χ2n) is 16.0. The van der Waals surface area contributed by atoms with E-state index in [2.05, 4.69) is 224 Å². The molecule has 0 saturated carbocycles. The molecular weight excluding hydrogens is 815 g/mol. The molecule has 8 aromatic carbocycles. The molecule has 0 N–H and O–H groups in total. The third-order valence-electron chi connectivity index (χ3n) is 9.81. The molecule has 4 heteroatoms. The van der Waals surface area contributed by atoms with Crippen molar-refractivity contribution in [3.8, 4) is 44.5 Å². The van der Waals surface area contributed by atoms with E-state index >= 15 is 0 Å². The van der Waals surface area contributed by atoms with E-state index in [4.69, 9.17) is 17.0 Å². The summed E-state index contributed by atoms with van der Waals surface area (Å²) >= 11 is -0.826. The summed E-state index contributed by atoms with van der Waals surface area (Å²) in [4.78, 5) is 0. The molecule has 0 amide bonds. The zero-order valence-electron chi connectivity index (χ0n) is 33.9. The van der Waals surface area contributed by atoms with E-state index in [0.29, 0.717) is 0 Å². The summed E-state index contributed by atoms with van der Waals surface area (Å²) in [7, 11) is 11.0. The second kappa shape index (κ2) is 20.1. The van der Waals surface area contributed by atoms with Crippen LogP contribution in [0.1, 0.15) is 52.7 Å². The molecule has 56 heavy (non-hydrogen) atoms. The molecule has 0 aromatic heterocycles. The van der Waals surface area contributed by atoms with Gasteiger partial charge >= 0.3 is 37.9 Å². The van der Waals surface area contributed by atoms with Gasteiger partial charge in [-0.2, -0.15) is 12.1 Å². The molecule has 0 saturated heterocycles. The first-order chi connectivity index (χ1) is 26.9. The molecule has 0 atom stereocenters. The summed E-state index contributed by atoms with van der Waals surface area (Å²) in [5.74, 6) is 0. The van der Waals surface area contributed by atoms with Gasteiger partial charge in [-0.1, -0.05) is 199 Å². The summed E-state index contributed by atoms with van der Waals surface area (Å²) in [6.45, 7) is 18.0. The van der Waals surface area contributed by atoms with Crippen molar-refractivity contribution in [2.24, 2.45) is 0 Å². The van der Waals surface area contributed by atoms with Gasteiger partial charge in [-0.05, 0) is 44.2 Å². The van der Waals surface area contributed by atoms with Crippen molar-refractivity contribution in [2.75, 3.05) is 0 Å². The van der Waals surface area contributed by atoms with E-state index in [0.717, 1.165) is 9.52 Å². The minimum atomic E-state index is -0.826. The fourth-order valence-corrected chi connectivity index (χ4v) is 6.98. The van der Waals surface area contributed by atoms with E-state index in [-0.39, 0.29) is 10.8 Å². The van der Waals surface area contributed by atoms with E-state index in [1.807, 2.05) is 0 Å². The Hall–Kier alpha value is -3.78. The summed E-state index contributed by atoms with van der Waals surface area (Å²) in [5.41, 5.74) is 13.4. The van der Waals surface area contributed by atoms with Gasteiger partial charge in [0, 0.05) is 9.52 Å². The van der Waals surface area contributed by atoms with Crippen molar-refractivity contribution in [1.82, 2.24) is 0 Å². The van der Waals surface area contributed by atoms with Gasteiger partial charge in [0.1, 0.15) is 0 Å². The van der Waals surface area contributed by atoms with Gasteiger partial charge < -0.3 is 0 Å². The van der Waals surface area contributed by atoms with Crippen LogP contribution in [-0.4, -0.2) is 9.52 Å². The Morgan fingerprint density at radius 3 is 0.964 bits per heavy atom. The van der Waals surface area contributed by atoms with Crippen LogP contribution in [-0.2, 0) is 31.7 Å². The molecular formula is C52H52Cl2SiZr. The third-order valence-corrected chi connectivity index (χ3v) is 9.81. The standard InChI is InChI=1S/2C25H23.C2H6Si.2ClH.Zr/c2*1-25(2,3)21-16-20-14-15-22(18-10-6-4-7-11-18)24(23(20)17-21)19-12-8-5-9-13-19;1-3-2;;;/h2*4-17H,1-3H3;1-2H3;2*1H;/q2*-1;;;;+4/p-2. The van der Waals surface area contributed by atoms with E-state index in [1.54, 1.807) is 0 Å². The zero-order valence-corrected chi connectivity index (χ0v) is 38.9. The maximum absolute atomic E-state index is 4.93. The third kappa shape index (κ3) is 10.8. The molecule has 0 bridgehead atoms. The Morgan fingerprint density at radius 1 is 0.429 bits per heavy atom. The van der Waals surface area contributed by atoms with Crippen molar-refractivity contribution in [3.63, 3.8) is 0 Å². The molecule has 0 nitrogen and oxygen atoms in total. The molecule has 2 radical (unpaired) electrons. The van der Waals surface area contributed by atoms with E-state index < -0.39 is 20.8 Å². The molecule has 0 unspecified atom stereocenters. The first-order valence-electron chi connectivity index (χ1n) is 19.2. The summed E-state index contributed by atoms with van der Waals surface area (Å²) in [5, 5.41) is 5.34. The SMILES string of the molecule is CC(C)(C)c1cc2c(-c3ccccc3)c(-c3ccccc3)ccc2[cH-]1.CC(C)(C)c1cc2c(-c3ccccc3)c(-c3ccccc3)ccc2[cH-]1.C[Si]C.[Cl][Zr+2][Cl]. The Kier molecular flexibility index (Phi) is 15.5. The Bertz CT molecular complexity index is 2220. The second-order valence-corrected chi connectivity index (χ2v) is 20.7. The molecule has 0 fully saturated rings. The number of hydrogen-bond acceptors (Lipinski definition) is 0. The topological polar surface area (TPSA) is 0 Å². The Labute approximate surface area is 357 Å². The molecule has 8 rings (SSSR count). The predicted octanol–water partition coefficient (Wildman–Crippen LogP) is 16.5. The number of rotatable bonds is 4.